The van der Waals surface area contributed by atoms with Gasteiger partial charge < -0.3 is 4.57 Å². The minimum Gasteiger partial charge on any atom is -0.324 e. The maximum atomic E-state index is 5.14. The van der Waals surface area contributed by atoms with Crippen LogP contribution in [0.3, 0.4) is 0 Å². The summed E-state index contributed by atoms with van der Waals surface area (Å²) in [6.45, 7) is 3.06. The van der Waals surface area contributed by atoms with E-state index in [1.165, 1.54) is 82.7 Å². The molecule has 2 aliphatic rings. The highest BCUT2D eigenvalue weighted by Gasteiger charge is 2.53. The van der Waals surface area contributed by atoms with E-state index in [-0.39, 0.29) is 0 Å². The molecule has 1 spiro atoms. The van der Waals surface area contributed by atoms with Crippen LogP contribution in [-0.4, -0.2) is 9.55 Å². The summed E-state index contributed by atoms with van der Waals surface area (Å²) in [4.78, 5) is 5.14. The highest BCUT2D eigenvalue weighted by Crippen LogP contribution is 2.65. The monoisotopic (exact) mass is 636 g/mol. The predicted molar refractivity (Wildman–Crippen MR) is 208 cm³/mol. The number of imidazole rings is 1. The number of para-hydroxylation sites is 2. The summed E-state index contributed by atoms with van der Waals surface area (Å²) in [5.74, 6) is 1.01. The number of hydrogen-bond donors (Lipinski definition) is 0. The summed E-state index contributed by atoms with van der Waals surface area (Å²) in [7, 11) is 0. The highest BCUT2D eigenvalue weighted by atomic mass is 15.1. The maximum absolute atomic E-state index is 5.14. The summed E-state index contributed by atoms with van der Waals surface area (Å²) in [6, 6.07) is 60.9. The number of rotatable bonds is 3. The van der Waals surface area contributed by atoms with Crippen molar-refractivity contribution in [2.45, 2.75) is 18.9 Å². The molecule has 0 bridgehead atoms. The molecule has 1 heterocycles. The van der Waals surface area contributed by atoms with Crippen LogP contribution in [0.15, 0.2) is 164 Å². The molecule has 2 aliphatic carbocycles. The van der Waals surface area contributed by atoms with Gasteiger partial charge in [0, 0.05) is 12.1 Å². The zero-order valence-electron chi connectivity index (χ0n) is 27.7. The fraction of sp³-hybridized carbons (Fsp3) is 0.0625. The first-order chi connectivity index (χ1) is 24.8. The molecule has 0 unspecified atom stereocenters. The van der Waals surface area contributed by atoms with Gasteiger partial charge >= 0.3 is 0 Å². The largest absolute Gasteiger partial charge is 0.324 e. The van der Waals surface area contributed by atoms with E-state index in [4.69, 9.17) is 4.98 Å². The smallest absolute Gasteiger partial charge is 0.141 e. The second kappa shape index (κ2) is 10.1. The molecule has 2 nitrogen and oxygen atoms in total. The summed E-state index contributed by atoms with van der Waals surface area (Å²) in [5, 5.41) is 5.15. The Balaban J connectivity index is 1.26. The Morgan fingerprint density at radius 3 is 1.96 bits per heavy atom. The predicted octanol–water partition coefficient (Wildman–Crippen LogP) is 12.0. The summed E-state index contributed by atoms with van der Waals surface area (Å²) >= 11 is 0. The zero-order chi connectivity index (χ0) is 33.0. The molecule has 0 atom stereocenters. The van der Waals surface area contributed by atoms with E-state index in [1.807, 2.05) is 0 Å². The Morgan fingerprint density at radius 2 is 1.16 bits per heavy atom. The van der Waals surface area contributed by atoms with Crippen molar-refractivity contribution in [1.82, 2.24) is 9.55 Å². The molecular formula is C48H32N2. The van der Waals surface area contributed by atoms with Crippen molar-refractivity contribution in [3.63, 3.8) is 0 Å². The summed E-state index contributed by atoms with van der Waals surface area (Å²) in [6.07, 6.45) is 0. The van der Waals surface area contributed by atoms with Gasteiger partial charge in [0.15, 0.2) is 0 Å². The molecule has 0 N–H and O–H groups in total. The Morgan fingerprint density at radius 1 is 0.500 bits per heavy atom. The Bertz CT molecular complexity index is 2830. The molecule has 0 fully saturated rings. The normalized spacial score (nSPS) is 13.5. The lowest BCUT2D eigenvalue weighted by atomic mass is 9.69. The van der Waals surface area contributed by atoms with E-state index in [9.17, 15) is 0 Å². The van der Waals surface area contributed by atoms with Crippen molar-refractivity contribution in [2.24, 2.45) is 0 Å². The average molecular weight is 637 g/mol. The lowest BCUT2D eigenvalue weighted by Gasteiger charge is -2.32. The minimum atomic E-state index is -0.453. The Hall–Kier alpha value is -6.25. The van der Waals surface area contributed by atoms with Crippen molar-refractivity contribution in [3.8, 4) is 44.8 Å². The van der Waals surface area contributed by atoms with Crippen LogP contribution in [0.1, 0.15) is 29.2 Å². The van der Waals surface area contributed by atoms with Crippen LogP contribution >= 0.6 is 0 Å². The van der Waals surface area contributed by atoms with Crippen LogP contribution < -0.4 is 0 Å². The van der Waals surface area contributed by atoms with E-state index in [2.05, 4.69) is 175 Å². The van der Waals surface area contributed by atoms with Crippen LogP contribution in [0.25, 0.3) is 77.3 Å². The van der Waals surface area contributed by atoms with Gasteiger partial charge in [-0.2, -0.15) is 0 Å². The Labute approximate surface area is 290 Å². The second-order valence-corrected chi connectivity index (χ2v) is 13.7. The first kappa shape index (κ1) is 27.7. The van der Waals surface area contributed by atoms with Gasteiger partial charge in [-0.15, -0.1) is 0 Å². The standard InChI is InChI=1S/C48H32N2/c1-2-50-44-25-12-11-24-43(44)49-47(50)32-16-13-15-31(28-32)39-29-42-45(37-21-6-5-18-34(37)39)38-27-26-30-14-3-4-17-33(30)46(38)48(42)40-22-9-7-19-35(40)36-20-8-10-23-41(36)48/h3-29H,2H2,1H3. The maximum Gasteiger partial charge on any atom is 0.141 e. The van der Waals surface area contributed by atoms with Crippen molar-refractivity contribution in [2.75, 3.05) is 0 Å². The molecule has 0 radical (unpaired) electrons. The number of nitrogens with zero attached hydrogens (tertiary/aromatic N) is 2. The van der Waals surface area contributed by atoms with Crippen molar-refractivity contribution in [1.29, 1.82) is 0 Å². The first-order valence-electron chi connectivity index (χ1n) is 17.6. The fourth-order valence-electron chi connectivity index (χ4n) is 9.46. The molecule has 0 aliphatic heterocycles. The first-order valence-corrected chi connectivity index (χ1v) is 17.6. The van der Waals surface area contributed by atoms with Crippen LogP contribution in [0.4, 0.5) is 0 Å². The van der Waals surface area contributed by atoms with Crippen molar-refractivity contribution >= 4 is 32.6 Å². The van der Waals surface area contributed by atoms with E-state index >= 15 is 0 Å². The topological polar surface area (TPSA) is 17.8 Å². The average Bonchev–Trinajstić information content (AvgIpc) is 3.82. The minimum absolute atomic E-state index is 0.453. The van der Waals surface area contributed by atoms with E-state index in [1.54, 1.807) is 0 Å². The van der Waals surface area contributed by atoms with Gasteiger partial charge in [-0.3, -0.25) is 0 Å². The molecule has 2 heteroatoms. The number of fused-ring (bicyclic) bond motifs is 15. The quantitative estimate of drug-likeness (QED) is 0.189. The molecule has 8 aromatic carbocycles. The highest BCUT2D eigenvalue weighted by molar-refractivity contribution is 6.14. The molecule has 234 valence electrons. The number of aryl methyl sites for hydroxylation is 1. The third-order valence-electron chi connectivity index (χ3n) is 11.4. The molecule has 0 saturated carbocycles. The van der Waals surface area contributed by atoms with Gasteiger partial charge in [0.1, 0.15) is 5.82 Å². The van der Waals surface area contributed by atoms with E-state index in [0.29, 0.717) is 0 Å². The molecule has 0 amide bonds. The van der Waals surface area contributed by atoms with Crippen molar-refractivity contribution in [3.05, 3.63) is 186 Å². The number of aromatic nitrogens is 2. The van der Waals surface area contributed by atoms with Crippen LogP contribution in [0.5, 0.6) is 0 Å². The molecule has 11 rings (SSSR count). The molecule has 1 aromatic heterocycles. The summed E-state index contributed by atoms with van der Waals surface area (Å²) in [5.41, 5.74) is 16.1. The van der Waals surface area contributed by atoms with E-state index in [0.717, 1.165) is 23.4 Å². The van der Waals surface area contributed by atoms with Crippen LogP contribution in [0, 0.1) is 0 Å². The summed E-state index contributed by atoms with van der Waals surface area (Å²) < 4.78 is 2.33. The Kier molecular flexibility index (Phi) is 5.61. The van der Waals surface area contributed by atoms with E-state index < -0.39 is 5.41 Å². The van der Waals surface area contributed by atoms with Gasteiger partial charge in [-0.25, -0.2) is 4.98 Å². The lowest BCUT2D eigenvalue weighted by molar-refractivity contribution is 0.796. The molecular weight excluding hydrogens is 605 g/mol. The number of hydrogen-bond acceptors (Lipinski definition) is 1. The third kappa shape index (κ3) is 3.45. The molecule has 0 saturated heterocycles. The van der Waals surface area contributed by atoms with Gasteiger partial charge in [0.2, 0.25) is 0 Å². The molecule has 9 aromatic rings. The van der Waals surface area contributed by atoms with Gasteiger partial charge in [-0.05, 0) is 108 Å². The van der Waals surface area contributed by atoms with Crippen LogP contribution in [-0.2, 0) is 12.0 Å². The van der Waals surface area contributed by atoms with Crippen LogP contribution in [0.2, 0.25) is 0 Å². The molecule has 50 heavy (non-hydrogen) atoms. The zero-order valence-corrected chi connectivity index (χ0v) is 27.7. The lowest BCUT2D eigenvalue weighted by Crippen LogP contribution is -2.26. The third-order valence-corrected chi connectivity index (χ3v) is 11.4. The van der Waals surface area contributed by atoms with Gasteiger partial charge in [-0.1, -0.05) is 140 Å². The second-order valence-electron chi connectivity index (χ2n) is 13.7. The number of benzene rings is 8. The fourth-order valence-corrected chi connectivity index (χ4v) is 9.46. The SMILES string of the molecule is CCn1c(-c2cccc(-c3cc4c(c5ccccc35)-c3ccc5ccccc5c3C43c4ccccc4-c4ccccc43)c2)nc2ccccc21. The van der Waals surface area contributed by atoms with Crippen molar-refractivity contribution < 1.29 is 0 Å². The van der Waals surface area contributed by atoms with Gasteiger partial charge in [0.05, 0.1) is 16.4 Å². The van der Waals surface area contributed by atoms with Gasteiger partial charge in [0.25, 0.3) is 0 Å².